The van der Waals surface area contributed by atoms with E-state index in [1.54, 1.807) is 0 Å². The molecule has 0 aliphatic heterocycles. The topological polar surface area (TPSA) is 6.48 Å². The second-order valence-corrected chi connectivity index (χ2v) is 5.83. The standard InChI is InChI=1S/C16H32N2/c1-7-18(12-10-16(4)5)14-13-17(6)11-8-9-15(2)3/h15-16H,7,10-14H2,1-6H3. The van der Waals surface area contributed by atoms with Crippen LogP contribution in [0.25, 0.3) is 0 Å². The summed E-state index contributed by atoms with van der Waals surface area (Å²) >= 11 is 0. The van der Waals surface area contributed by atoms with Crippen molar-refractivity contribution in [3.8, 4) is 11.8 Å². The van der Waals surface area contributed by atoms with E-state index < -0.39 is 0 Å². The molecule has 0 amide bonds. The zero-order valence-electron chi connectivity index (χ0n) is 13.3. The molecule has 106 valence electrons. The van der Waals surface area contributed by atoms with Gasteiger partial charge in [0.1, 0.15) is 0 Å². The molecule has 2 nitrogen and oxygen atoms in total. The van der Waals surface area contributed by atoms with Gasteiger partial charge in [-0.25, -0.2) is 0 Å². The van der Waals surface area contributed by atoms with E-state index in [0.717, 1.165) is 32.1 Å². The first-order valence-electron chi connectivity index (χ1n) is 7.35. The monoisotopic (exact) mass is 252 g/mol. The van der Waals surface area contributed by atoms with Crippen molar-refractivity contribution in [2.45, 2.75) is 41.0 Å². The van der Waals surface area contributed by atoms with Gasteiger partial charge in [0.05, 0.1) is 6.54 Å². The van der Waals surface area contributed by atoms with Crippen molar-refractivity contribution in [1.29, 1.82) is 0 Å². The lowest BCUT2D eigenvalue weighted by Crippen LogP contribution is -2.34. The summed E-state index contributed by atoms with van der Waals surface area (Å²) in [6.07, 6.45) is 1.30. The summed E-state index contributed by atoms with van der Waals surface area (Å²) in [7, 11) is 2.16. The van der Waals surface area contributed by atoms with E-state index in [-0.39, 0.29) is 0 Å². The first kappa shape index (κ1) is 17.5. The van der Waals surface area contributed by atoms with Gasteiger partial charge in [-0.3, -0.25) is 4.90 Å². The van der Waals surface area contributed by atoms with Gasteiger partial charge >= 0.3 is 0 Å². The van der Waals surface area contributed by atoms with Gasteiger partial charge < -0.3 is 4.90 Å². The van der Waals surface area contributed by atoms with Gasteiger partial charge in [-0.2, -0.15) is 0 Å². The maximum Gasteiger partial charge on any atom is 0.0599 e. The molecule has 0 saturated carbocycles. The quantitative estimate of drug-likeness (QED) is 0.613. The molecule has 0 fully saturated rings. The molecule has 0 aliphatic rings. The molecule has 0 spiro atoms. The molecule has 2 heteroatoms. The predicted molar refractivity (Wildman–Crippen MR) is 81.7 cm³/mol. The summed E-state index contributed by atoms with van der Waals surface area (Å²) in [5, 5.41) is 0. The van der Waals surface area contributed by atoms with Crippen LogP contribution in [0, 0.1) is 23.7 Å². The van der Waals surface area contributed by atoms with E-state index in [1.807, 2.05) is 0 Å². The van der Waals surface area contributed by atoms with Crippen LogP contribution in [0.3, 0.4) is 0 Å². The van der Waals surface area contributed by atoms with E-state index in [4.69, 9.17) is 0 Å². The molecular weight excluding hydrogens is 220 g/mol. The SMILES string of the molecule is CCN(CCC(C)C)CCN(C)CC#CC(C)C. The van der Waals surface area contributed by atoms with E-state index in [2.05, 4.69) is 63.3 Å². The summed E-state index contributed by atoms with van der Waals surface area (Å²) in [5.41, 5.74) is 0. The lowest BCUT2D eigenvalue weighted by molar-refractivity contribution is 0.233. The molecular formula is C16H32N2. The van der Waals surface area contributed by atoms with E-state index >= 15 is 0 Å². The molecule has 0 aromatic heterocycles. The fourth-order valence-electron chi connectivity index (χ4n) is 1.64. The van der Waals surface area contributed by atoms with Gasteiger partial charge in [0.25, 0.3) is 0 Å². The molecule has 0 radical (unpaired) electrons. The van der Waals surface area contributed by atoms with Crippen molar-refractivity contribution in [1.82, 2.24) is 9.80 Å². The Morgan fingerprint density at radius 1 is 1.00 bits per heavy atom. The van der Waals surface area contributed by atoms with Crippen molar-refractivity contribution < 1.29 is 0 Å². The van der Waals surface area contributed by atoms with Crippen molar-refractivity contribution in [2.75, 3.05) is 39.8 Å². The van der Waals surface area contributed by atoms with Crippen molar-refractivity contribution >= 4 is 0 Å². The fourth-order valence-corrected chi connectivity index (χ4v) is 1.64. The smallest absolute Gasteiger partial charge is 0.0599 e. The third kappa shape index (κ3) is 10.6. The average Bonchev–Trinajstić information content (AvgIpc) is 2.28. The van der Waals surface area contributed by atoms with Crippen molar-refractivity contribution in [3.63, 3.8) is 0 Å². The highest BCUT2D eigenvalue weighted by Gasteiger charge is 2.05. The normalized spacial score (nSPS) is 11.4. The first-order chi connectivity index (χ1) is 8.45. The first-order valence-corrected chi connectivity index (χ1v) is 7.35. The van der Waals surface area contributed by atoms with Crippen LogP contribution in [-0.2, 0) is 0 Å². The Labute approximate surface area is 115 Å². The van der Waals surface area contributed by atoms with Gasteiger partial charge in [0.2, 0.25) is 0 Å². The number of likely N-dealkylation sites (N-methyl/N-ethyl adjacent to an activating group) is 2. The largest absolute Gasteiger partial charge is 0.302 e. The molecule has 0 N–H and O–H groups in total. The zero-order valence-corrected chi connectivity index (χ0v) is 13.3. The maximum absolute atomic E-state index is 3.23. The molecule has 0 saturated heterocycles. The summed E-state index contributed by atoms with van der Waals surface area (Å²) in [4.78, 5) is 4.85. The van der Waals surface area contributed by atoms with Crippen LogP contribution in [0.2, 0.25) is 0 Å². The fraction of sp³-hybridized carbons (Fsp3) is 0.875. The van der Waals surface area contributed by atoms with Gasteiger partial charge in [-0.05, 0) is 32.5 Å². The molecule has 0 heterocycles. The molecule has 0 aromatic rings. The Morgan fingerprint density at radius 2 is 1.67 bits per heavy atom. The van der Waals surface area contributed by atoms with Crippen LogP contribution in [0.4, 0.5) is 0 Å². The second kappa shape index (κ2) is 10.4. The van der Waals surface area contributed by atoms with E-state index in [0.29, 0.717) is 5.92 Å². The minimum atomic E-state index is 0.483. The second-order valence-electron chi connectivity index (χ2n) is 5.83. The summed E-state index contributed by atoms with van der Waals surface area (Å²) < 4.78 is 0. The maximum atomic E-state index is 3.23. The Hall–Kier alpha value is -0.520. The molecule has 18 heavy (non-hydrogen) atoms. The lowest BCUT2D eigenvalue weighted by atomic mass is 10.1. The van der Waals surface area contributed by atoms with Crippen LogP contribution >= 0.6 is 0 Å². The van der Waals surface area contributed by atoms with Crippen LogP contribution < -0.4 is 0 Å². The average molecular weight is 252 g/mol. The van der Waals surface area contributed by atoms with Crippen molar-refractivity contribution in [3.05, 3.63) is 0 Å². The number of hydrogen-bond donors (Lipinski definition) is 0. The van der Waals surface area contributed by atoms with Crippen molar-refractivity contribution in [2.24, 2.45) is 11.8 Å². The minimum Gasteiger partial charge on any atom is -0.302 e. The molecule has 0 atom stereocenters. The zero-order chi connectivity index (χ0) is 14.0. The van der Waals surface area contributed by atoms with Crippen LogP contribution in [-0.4, -0.2) is 49.6 Å². The van der Waals surface area contributed by atoms with Gasteiger partial charge in [0.15, 0.2) is 0 Å². The van der Waals surface area contributed by atoms with Gasteiger partial charge in [0, 0.05) is 19.0 Å². The van der Waals surface area contributed by atoms with Crippen LogP contribution in [0.1, 0.15) is 41.0 Å². The Morgan fingerprint density at radius 3 is 2.17 bits per heavy atom. The van der Waals surface area contributed by atoms with Gasteiger partial charge in [-0.1, -0.05) is 46.5 Å². The minimum absolute atomic E-state index is 0.483. The Bertz CT molecular complexity index is 248. The third-order valence-electron chi connectivity index (χ3n) is 3.01. The number of rotatable bonds is 8. The predicted octanol–water partition coefficient (Wildman–Crippen LogP) is 2.95. The lowest BCUT2D eigenvalue weighted by Gasteiger charge is -2.24. The molecule has 0 bridgehead atoms. The highest BCUT2D eigenvalue weighted by molar-refractivity contribution is 5.02. The highest BCUT2D eigenvalue weighted by Crippen LogP contribution is 2.01. The summed E-state index contributed by atoms with van der Waals surface area (Å²) in [6, 6.07) is 0. The molecule has 0 unspecified atom stereocenters. The Kier molecular flexibility index (Phi) is 10.1. The summed E-state index contributed by atoms with van der Waals surface area (Å²) in [6.45, 7) is 16.6. The van der Waals surface area contributed by atoms with E-state index in [1.165, 1.54) is 13.0 Å². The number of hydrogen-bond acceptors (Lipinski definition) is 2. The highest BCUT2D eigenvalue weighted by atomic mass is 15.2. The van der Waals surface area contributed by atoms with Crippen LogP contribution in [0.5, 0.6) is 0 Å². The van der Waals surface area contributed by atoms with Crippen LogP contribution in [0.15, 0.2) is 0 Å². The van der Waals surface area contributed by atoms with E-state index in [9.17, 15) is 0 Å². The Balaban J connectivity index is 3.80. The summed E-state index contributed by atoms with van der Waals surface area (Å²) in [5.74, 6) is 7.73. The van der Waals surface area contributed by atoms with Gasteiger partial charge in [-0.15, -0.1) is 0 Å². The molecule has 0 rings (SSSR count). The number of nitrogens with zero attached hydrogens (tertiary/aromatic N) is 2. The molecule has 0 aromatic carbocycles. The third-order valence-corrected chi connectivity index (χ3v) is 3.01. The molecule has 0 aliphatic carbocycles.